The number of nitrogens with zero attached hydrogens (tertiary/aromatic N) is 3. The zero-order chi connectivity index (χ0) is 18.0. The average molecular weight is 381 g/mol. The van der Waals surface area contributed by atoms with Gasteiger partial charge in [0.2, 0.25) is 5.95 Å². The van der Waals surface area contributed by atoms with Crippen LogP contribution in [0.2, 0.25) is 10.0 Å². The molecule has 3 aromatic rings. The maximum atomic E-state index is 12.8. The predicted octanol–water partition coefficient (Wildman–Crippen LogP) is 2.23. The summed E-state index contributed by atoms with van der Waals surface area (Å²) in [6.45, 7) is 0.221. The summed E-state index contributed by atoms with van der Waals surface area (Å²) in [5.74, 6) is 0.273. The summed E-state index contributed by atoms with van der Waals surface area (Å²) >= 11 is 12.5. The summed E-state index contributed by atoms with van der Waals surface area (Å²) in [5.41, 5.74) is 0.544. The first kappa shape index (κ1) is 17.5. The van der Waals surface area contributed by atoms with E-state index < -0.39 is 5.56 Å². The van der Waals surface area contributed by atoms with E-state index in [0.717, 1.165) is 4.73 Å². The fourth-order valence-corrected chi connectivity index (χ4v) is 3.03. The Morgan fingerprint density at radius 1 is 1.32 bits per heavy atom. The van der Waals surface area contributed by atoms with Crippen LogP contribution in [0.4, 0.5) is 5.95 Å². The molecule has 2 N–H and O–H groups in total. The van der Waals surface area contributed by atoms with Gasteiger partial charge in [0.15, 0.2) is 5.65 Å². The number of hydrogen-bond acceptors (Lipinski definition) is 6. The van der Waals surface area contributed by atoms with Gasteiger partial charge in [0.05, 0.1) is 22.2 Å². The van der Waals surface area contributed by atoms with Crippen LogP contribution in [0.3, 0.4) is 0 Å². The fourth-order valence-electron chi connectivity index (χ4n) is 2.43. The van der Waals surface area contributed by atoms with Crippen LogP contribution in [0.25, 0.3) is 22.2 Å². The van der Waals surface area contributed by atoms with E-state index in [0.29, 0.717) is 21.0 Å². The van der Waals surface area contributed by atoms with Crippen molar-refractivity contribution in [1.29, 1.82) is 0 Å². The molecule has 3 rings (SSSR count). The normalized spacial score (nSPS) is 10.9. The molecule has 0 saturated carbocycles. The molecule has 9 heteroatoms. The van der Waals surface area contributed by atoms with Crippen molar-refractivity contribution in [2.75, 3.05) is 25.6 Å². The third-order valence-corrected chi connectivity index (χ3v) is 4.14. The smallest absolute Gasteiger partial charge is 0.293 e. The standard InChI is InChI=1S/C16H14Cl2N4O3/c1-25-22-14-9(8-20-16(21-14)19-5-6-23)7-10(15(22)24)13-11(17)3-2-4-12(13)18/h2-4,7-8,23H,5-6H2,1H3,(H,19,20,21). The Hall–Kier alpha value is -2.35. The largest absolute Gasteiger partial charge is 0.412 e. The minimum Gasteiger partial charge on any atom is -0.412 e. The van der Waals surface area contributed by atoms with Crippen LogP contribution in [0, 0.1) is 0 Å². The number of anilines is 1. The van der Waals surface area contributed by atoms with Gasteiger partial charge < -0.3 is 15.3 Å². The highest BCUT2D eigenvalue weighted by Gasteiger charge is 2.18. The topological polar surface area (TPSA) is 89.3 Å². The zero-order valence-electron chi connectivity index (χ0n) is 13.2. The maximum absolute atomic E-state index is 12.8. The number of nitrogens with one attached hydrogen (secondary N) is 1. The third-order valence-electron chi connectivity index (χ3n) is 3.51. The van der Waals surface area contributed by atoms with Crippen molar-refractivity contribution in [2.45, 2.75) is 0 Å². The number of benzene rings is 1. The van der Waals surface area contributed by atoms with E-state index in [2.05, 4.69) is 15.3 Å². The Bertz CT molecular complexity index is 971. The summed E-state index contributed by atoms with van der Waals surface area (Å²) in [6, 6.07) is 6.63. The minimum atomic E-state index is -0.447. The van der Waals surface area contributed by atoms with E-state index in [1.807, 2.05) is 0 Å². The van der Waals surface area contributed by atoms with Gasteiger partial charge in [-0.25, -0.2) is 4.98 Å². The molecule has 0 fully saturated rings. The van der Waals surface area contributed by atoms with E-state index in [-0.39, 0.29) is 30.3 Å². The molecule has 2 heterocycles. The average Bonchev–Trinajstić information content (AvgIpc) is 2.60. The number of aliphatic hydroxyl groups is 1. The Labute approximate surface area is 152 Å². The van der Waals surface area contributed by atoms with Gasteiger partial charge in [-0.1, -0.05) is 29.3 Å². The number of pyridine rings is 1. The quantitative estimate of drug-likeness (QED) is 0.705. The summed E-state index contributed by atoms with van der Waals surface area (Å²) in [7, 11) is 1.36. The first-order valence-electron chi connectivity index (χ1n) is 7.33. The van der Waals surface area contributed by atoms with Crippen molar-refractivity contribution < 1.29 is 9.94 Å². The van der Waals surface area contributed by atoms with Gasteiger partial charge in [-0.05, 0) is 18.2 Å². The van der Waals surface area contributed by atoms with Gasteiger partial charge >= 0.3 is 0 Å². The van der Waals surface area contributed by atoms with E-state index in [1.54, 1.807) is 30.5 Å². The van der Waals surface area contributed by atoms with Crippen LogP contribution >= 0.6 is 23.2 Å². The van der Waals surface area contributed by atoms with Crippen molar-refractivity contribution in [3.8, 4) is 11.1 Å². The Balaban J connectivity index is 2.26. The van der Waals surface area contributed by atoms with Crippen molar-refractivity contribution in [2.24, 2.45) is 0 Å². The number of aliphatic hydroxyl groups excluding tert-OH is 1. The van der Waals surface area contributed by atoms with E-state index in [1.165, 1.54) is 7.11 Å². The van der Waals surface area contributed by atoms with Crippen molar-refractivity contribution in [1.82, 2.24) is 14.7 Å². The molecule has 0 radical (unpaired) electrons. The van der Waals surface area contributed by atoms with Crippen molar-refractivity contribution in [3.63, 3.8) is 0 Å². The second kappa shape index (κ2) is 7.26. The van der Waals surface area contributed by atoms with Crippen LogP contribution in [0.5, 0.6) is 0 Å². The molecule has 0 unspecified atom stereocenters. The molecule has 7 nitrogen and oxygen atoms in total. The molecule has 1 aromatic carbocycles. The molecule has 130 valence electrons. The number of halogens is 2. The van der Waals surface area contributed by atoms with Gasteiger partial charge in [0, 0.05) is 23.7 Å². The number of fused-ring (bicyclic) bond motifs is 1. The highest BCUT2D eigenvalue weighted by atomic mass is 35.5. The van der Waals surface area contributed by atoms with Gasteiger partial charge in [-0.3, -0.25) is 4.79 Å². The minimum absolute atomic E-state index is 0.0670. The molecule has 0 spiro atoms. The molecule has 0 aliphatic carbocycles. The Kier molecular flexibility index (Phi) is 5.08. The van der Waals surface area contributed by atoms with Gasteiger partial charge in [0.25, 0.3) is 5.56 Å². The number of rotatable bonds is 5. The summed E-state index contributed by atoms with van der Waals surface area (Å²) in [6.07, 6.45) is 1.55. The first-order valence-corrected chi connectivity index (χ1v) is 8.08. The Morgan fingerprint density at radius 2 is 2.04 bits per heavy atom. The molecule has 0 amide bonds. The zero-order valence-corrected chi connectivity index (χ0v) is 14.7. The highest BCUT2D eigenvalue weighted by molar-refractivity contribution is 6.39. The number of hydrogen-bond donors (Lipinski definition) is 2. The van der Waals surface area contributed by atoms with Gasteiger partial charge in [0.1, 0.15) is 7.11 Å². The molecular formula is C16H14Cl2N4O3. The van der Waals surface area contributed by atoms with Gasteiger partial charge in [-0.15, -0.1) is 4.73 Å². The van der Waals surface area contributed by atoms with E-state index >= 15 is 0 Å². The third kappa shape index (κ3) is 3.26. The van der Waals surface area contributed by atoms with Crippen LogP contribution < -0.4 is 15.7 Å². The molecule has 0 saturated heterocycles. The lowest BCUT2D eigenvalue weighted by Crippen LogP contribution is -2.27. The van der Waals surface area contributed by atoms with Crippen molar-refractivity contribution in [3.05, 3.63) is 50.9 Å². The second-order valence-electron chi connectivity index (χ2n) is 5.06. The van der Waals surface area contributed by atoms with Crippen LogP contribution in [0.1, 0.15) is 0 Å². The predicted molar refractivity (Wildman–Crippen MR) is 97.3 cm³/mol. The molecule has 2 aromatic heterocycles. The van der Waals surface area contributed by atoms with Crippen LogP contribution in [0.15, 0.2) is 35.3 Å². The lowest BCUT2D eigenvalue weighted by Gasteiger charge is -2.13. The van der Waals surface area contributed by atoms with Crippen LogP contribution in [-0.4, -0.2) is 40.1 Å². The molecule has 0 aliphatic rings. The summed E-state index contributed by atoms with van der Waals surface area (Å²) in [4.78, 5) is 26.5. The monoisotopic (exact) mass is 380 g/mol. The SMILES string of the molecule is COn1c(=O)c(-c2c(Cl)cccc2Cl)cc2cnc(NCCO)nc21. The van der Waals surface area contributed by atoms with E-state index in [4.69, 9.17) is 33.1 Å². The molecule has 0 aliphatic heterocycles. The summed E-state index contributed by atoms with van der Waals surface area (Å²) in [5, 5.41) is 13.0. The van der Waals surface area contributed by atoms with Crippen molar-refractivity contribution >= 4 is 40.2 Å². The summed E-state index contributed by atoms with van der Waals surface area (Å²) < 4.78 is 1.05. The fraction of sp³-hybridized carbons (Fsp3) is 0.188. The van der Waals surface area contributed by atoms with Gasteiger partial charge in [-0.2, -0.15) is 4.98 Å². The highest BCUT2D eigenvalue weighted by Crippen LogP contribution is 2.33. The molecular weight excluding hydrogens is 367 g/mol. The van der Waals surface area contributed by atoms with Crippen LogP contribution in [-0.2, 0) is 0 Å². The molecule has 0 atom stereocenters. The second-order valence-corrected chi connectivity index (χ2v) is 5.87. The maximum Gasteiger partial charge on any atom is 0.293 e. The number of aromatic nitrogens is 3. The molecule has 0 bridgehead atoms. The Morgan fingerprint density at radius 3 is 2.68 bits per heavy atom. The first-order chi connectivity index (χ1) is 12.1. The lowest BCUT2D eigenvalue weighted by atomic mass is 10.1. The lowest BCUT2D eigenvalue weighted by molar-refractivity contribution is 0.168. The van der Waals surface area contributed by atoms with E-state index in [9.17, 15) is 4.79 Å². The molecule has 25 heavy (non-hydrogen) atoms.